The quantitative estimate of drug-likeness (QED) is 0.412. The van der Waals surface area contributed by atoms with Gasteiger partial charge in [-0.3, -0.25) is 0 Å². The number of likely N-dealkylation sites (N-methyl/N-ethyl adjacent to an activating group) is 1. The van der Waals surface area contributed by atoms with E-state index in [9.17, 15) is 13.2 Å². The number of hydrogen-bond donors (Lipinski definition) is 1. The average molecular weight is 307 g/mol. The van der Waals surface area contributed by atoms with Crippen LogP contribution in [-0.2, 0) is 9.47 Å². The predicted molar refractivity (Wildman–Crippen MR) is 77.5 cm³/mol. The molecule has 0 aromatic heterocycles. The first-order valence-corrected chi connectivity index (χ1v) is 6.78. The minimum atomic E-state index is -4.52. The molecule has 0 aromatic carbocycles. The number of hydrogen-bond acceptors (Lipinski definition) is 3. The number of allylic oxidation sites excluding steroid dienone is 4. The summed E-state index contributed by atoms with van der Waals surface area (Å²) in [6, 6.07) is 0. The second-order valence-corrected chi connectivity index (χ2v) is 4.43. The van der Waals surface area contributed by atoms with E-state index in [0.717, 1.165) is 6.08 Å². The molecule has 0 heterocycles. The summed E-state index contributed by atoms with van der Waals surface area (Å²) in [7, 11) is 1.67. The summed E-state index contributed by atoms with van der Waals surface area (Å²) in [6.45, 7) is 9.98. The normalized spacial score (nSPS) is 16.9. The molecule has 0 saturated carbocycles. The molecule has 0 aliphatic heterocycles. The maximum Gasteiger partial charge on any atom is 0.419 e. The molecule has 6 heteroatoms. The molecule has 0 aliphatic carbocycles. The Labute approximate surface area is 124 Å². The highest BCUT2D eigenvalue weighted by Gasteiger charge is 2.38. The van der Waals surface area contributed by atoms with Crippen molar-refractivity contribution in [1.82, 2.24) is 5.32 Å². The predicted octanol–water partition coefficient (Wildman–Crippen LogP) is 4.29. The molecule has 0 aromatic rings. The van der Waals surface area contributed by atoms with E-state index >= 15 is 0 Å². The zero-order chi connectivity index (χ0) is 16.7. The van der Waals surface area contributed by atoms with E-state index in [1.165, 1.54) is 6.92 Å². The van der Waals surface area contributed by atoms with Crippen LogP contribution in [0.1, 0.15) is 34.1 Å². The lowest BCUT2D eigenvalue weighted by molar-refractivity contribution is -0.179. The topological polar surface area (TPSA) is 30.5 Å². The zero-order valence-corrected chi connectivity index (χ0v) is 13.2. The molecular formula is C15H24F3NO2. The highest BCUT2D eigenvalue weighted by molar-refractivity contribution is 5.25. The maximum absolute atomic E-state index is 12.9. The molecule has 0 aliphatic rings. The van der Waals surface area contributed by atoms with Crippen molar-refractivity contribution in [2.75, 3.05) is 13.7 Å². The van der Waals surface area contributed by atoms with Crippen molar-refractivity contribution in [3.8, 4) is 0 Å². The van der Waals surface area contributed by atoms with Crippen LogP contribution >= 0.6 is 0 Å². The van der Waals surface area contributed by atoms with Crippen LogP contribution in [0.15, 0.2) is 35.8 Å². The first-order valence-electron chi connectivity index (χ1n) is 6.78. The summed E-state index contributed by atoms with van der Waals surface area (Å²) in [6.07, 6.45) is -1.28. The Morgan fingerprint density at radius 3 is 2.19 bits per heavy atom. The van der Waals surface area contributed by atoms with Crippen molar-refractivity contribution >= 4 is 0 Å². The van der Waals surface area contributed by atoms with Crippen molar-refractivity contribution < 1.29 is 22.6 Å². The highest BCUT2D eigenvalue weighted by atomic mass is 19.4. The molecule has 0 spiro atoms. The van der Waals surface area contributed by atoms with Gasteiger partial charge in [0.15, 0.2) is 0 Å². The minimum Gasteiger partial charge on any atom is -0.461 e. The van der Waals surface area contributed by atoms with Crippen LogP contribution in [0, 0.1) is 0 Å². The molecule has 0 rings (SSSR count). The van der Waals surface area contributed by atoms with E-state index in [1.54, 1.807) is 20.9 Å². The van der Waals surface area contributed by atoms with Crippen molar-refractivity contribution in [3.63, 3.8) is 0 Å². The average Bonchev–Trinajstić information content (AvgIpc) is 2.34. The standard InChI is InChI=1S/C15H24F3NO2/c1-7-10-13(19-6)14(5,20-9-3)21-11(4)12(8-2)15(16,17)18/h8,10,19H,2,7,9H2,1,3-6H3/b12-11+,13-10+. The van der Waals surface area contributed by atoms with Gasteiger partial charge in [-0.15, -0.1) is 0 Å². The number of ether oxygens (including phenoxy) is 2. The van der Waals surface area contributed by atoms with Crippen molar-refractivity contribution in [2.45, 2.75) is 46.1 Å². The fourth-order valence-electron chi connectivity index (χ4n) is 1.96. The van der Waals surface area contributed by atoms with Crippen LogP contribution < -0.4 is 5.32 Å². The summed E-state index contributed by atoms with van der Waals surface area (Å²) < 4.78 is 49.7. The Morgan fingerprint density at radius 2 is 1.86 bits per heavy atom. The molecule has 21 heavy (non-hydrogen) atoms. The SMILES string of the molecule is C=C/C(=C(/C)OC(C)(OCC)/C(=C\CC)NC)C(F)(F)F. The summed E-state index contributed by atoms with van der Waals surface area (Å²) in [5, 5.41) is 2.91. The lowest BCUT2D eigenvalue weighted by Crippen LogP contribution is -2.40. The van der Waals surface area contributed by atoms with Gasteiger partial charge in [0.2, 0.25) is 5.79 Å². The smallest absolute Gasteiger partial charge is 0.419 e. The van der Waals surface area contributed by atoms with Crippen LogP contribution in [-0.4, -0.2) is 25.6 Å². The van der Waals surface area contributed by atoms with Crippen LogP contribution in [0.3, 0.4) is 0 Å². The molecular weight excluding hydrogens is 283 g/mol. The second kappa shape index (κ2) is 8.12. The van der Waals surface area contributed by atoms with E-state index in [4.69, 9.17) is 9.47 Å². The zero-order valence-electron chi connectivity index (χ0n) is 13.2. The third-order valence-corrected chi connectivity index (χ3v) is 2.82. The Kier molecular flexibility index (Phi) is 7.57. The first-order chi connectivity index (χ1) is 9.66. The van der Waals surface area contributed by atoms with Crippen LogP contribution in [0.2, 0.25) is 0 Å². The van der Waals surface area contributed by atoms with Gasteiger partial charge in [-0.1, -0.05) is 25.7 Å². The highest BCUT2D eigenvalue weighted by Crippen LogP contribution is 2.33. The van der Waals surface area contributed by atoms with Gasteiger partial charge in [0.1, 0.15) is 5.76 Å². The van der Waals surface area contributed by atoms with Gasteiger partial charge in [-0.2, -0.15) is 13.2 Å². The molecule has 0 saturated heterocycles. The third kappa shape index (κ3) is 5.46. The monoisotopic (exact) mass is 307 g/mol. The van der Waals surface area contributed by atoms with Crippen LogP contribution in [0.5, 0.6) is 0 Å². The number of nitrogens with one attached hydrogen (secondary N) is 1. The van der Waals surface area contributed by atoms with Gasteiger partial charge in [0.25, 0.3) is 0 Å². The molecule has 0 fully saturated rings. The summed E-state index contributed by atoms with van der Waals surface area (Å²) >= 11 is 0. The van der Waals surface area contributed by atoms with E-state index in [1.807, 2.05) is 13.0 Å². The number of alkyl halides is 3. The molecule has 1 atom stereocenters. The van der Waals surface area contributed by atoms with Gasteiger partial charge in [0, 0.05) is 20.6 Å². The van der Waals surface area contributed by atoms with Crippen LogP contribution in [0.25, 0.3) is 0 Å². The summed E-state index contributed by atoms with van der Waals surface area (Å²) in [5.74, 6) is -1.60. The van der Waals surface area contributed by atoms with E-state index in [2.05, 4.69) is 11.9 Å². The fraction of sp³-hybridized carbons (Fsp3) is 0.600. The van der Waals surface area contributed by atoms with E-state index < -0.39 is 17.5 Å². The van der Waals surface area contributed by atoms with Gasteiger partial charge >= 0.3 is 6.18 Å². The van der Waals surface area contributed by atoms with Crippen LogP contribution in [0.4, 0.5) is 13.2 Å². The van der Waals surface area contributed by atoms with Crippen molar-refractivity contribution in [2.24, 2.45) is 0 Å². The number of halogens is 3. The lowest BCUT2D eigenvalue weighted by Gasteiger charge is -2.33. The van der Waals surface area contributed by atoms with Crippen molar-refractivity contribution in [3.05, 3.63) is 35.8 Å². The second-order valence-electron chi connectivity index (χ2n) is 4.43. The van der Waals surface area contributed by atoms with Gasteiger partial charge in [-0.25, -0.2) is 0 Å². The molecule has 1 N–H and O–H groups in total. The Morgan fingerprint density at radius 1 is 1.29 bits per heavy atom. The van der Waals surface area contributed by atoms with Gasteiger partial charge < -0.3 is 14.8 Å². The van der Waals surface area contributed by atoms with E-state index in [-0.39, 0.29) is 5.76 Å². The lowest BCUT2D eigenvalue weighted by atomic mass is 10.1. The van der Waals surface area contributed by atoms with E-state index in [0.29, 0.717) is 18.7 Å². The largest absolute Gasteiger partial charge is 0.461 e. The molecule has 1 unspecified atom stereocenters. The summed E-state index contributed by atoms with van der Waals surface area (Å²) in [4.78, 5) is 0. The third-order valence-electron chi connectivity index (χ3n) is 2.82. The molecule has 122 valence electrons. The fourth-order valence-corrected chi connectivity index (χ4v) is 1.96. The minimum absolute atomic E-state index is 0.286. The van der Waals surface area contributed by atoms with Gasteiger partial charge in [0.05, 0.1) is 11.3 Å². The van der Waals surface area contributed by atoms with Crippen molar-refractivity contribution in [1.29, 1.82) is 0 Å². The Hall–Kier alpha value is -1.43. The summed E-state index contributed by atoms with van der Waals surface area (Å²) in [5.41, 5.74) is -0.350. The van der Waals surface area contributed by atoms with Gasteiger partial charge in [-0.05, 0) is 20.3 Å². The Bertz CT molecular complexity index is 414. The molecule has 0 bridgehead atoms. The molecule has 0 amide bonds. The maximum atomic E-state index is 12.9. The number of rotatable bonds is 8. The molecule has 3 nitrogen and oxygen atoms in total. The first kappa shape index (κ1) is 19.6. The Balaban J connectivity index is 5.67. The molecule has 0 radical (unpaired) electrons.